The third kappa shape index (κ3) is 1.32. The van der Waals surface area contributed by atoms with E-state index < -0.39 is 13.8 Å². The van der Waals surface area contributed by atoms with Gasteiger partial charge in [-0.1, -0.05) is 13.0 Å². The molecule has 0 amide bonds. The zero-order valence-electron chi connectivity index (χ0n) is 6.38. The minimum atomic E-state index is -3.40. The van der Waals surface area contributed by atoms with Crippen molar-refractivity contribution >= 4 is 19.7 Å². The Labute approximate surface area is 71.7 Å². The summed E-state index contributed by atoms with van der Waals surface area (Å²) in [6.45, 7) is 5.39. The van der Waals surface area contributed by atoms with E-state index in [9.17, 15) is 8.42 Å². The number of hydrogen-bond acceptors (Lipinski definition) is 2. The molecule has 64 valence electrons. The van der Waals surface area contributed by atoms with Crippen molar-refractivity contribution in [3.05, 3.63) is 12.7 Å². The monoisotopic (exact) mass is 194 g/mol. The van der Waals surface area contributed by atoms with E-state index in [1.54, 1.807) is 6.08 Å². The maximum absolute atomic E-state index is 11.0. The molecule has 11 heavy (non-hydrogen) atoms. The lowest BCUT2D eigenvalue weighted by molar-refractivity contribution is 0.561. The van der Waals surface area contributed by atoms with Crippen LogP contribution in [0.4, 0.5) is 0 Å². The highest BCUT2D eigenvalue weighted by Crippen LogP contribution is 2.51. The van der Waals surface area contributed by atoms with Crippen LogP contribution in [0.2, 0.25) is 0 Å². The van der Waals surface area contributed by atoms with Gasteiger partial charge in [-0.3, -0.25) is 0 Å². The second kappa shape index (κ2) is 2.49. The molecular weight excluding hydrogens is 184 g/mol. The van der Waals surface area contributed by atoms with Crippen molar-refractivity contribution < 1.29 is 8.42 Å². The fourth-order valence-electron chi connectivity index (χ4n) is 1.26. The first-order valence-electron chi connectivity index (χ1n) is 3.51. The van der Waals surface area contributed by atoms with E-state index in [2.05, 4.69) is 6.58 Å². The van der Waals surface area contributed by atoms with Gasteiger partial charge in [0.05, 0.1) is 4.75 Å². The average Bonchev–Trinajstić information content (AvgIpc) is 2.63. The Morgan fingerprint density at radius 3 is 2.18 bits per heavy atom. The van der Waals surface area contributed by atoms with Crippen LogP contribution < -0.4 is 0 Å². The Bertz CT molecular complexity index is 264. The molecule has 0 spiro atoms. The largest absolute Gasteiger partial charge is 0.238 e. The van der Waals surface area contributed by atoms with E-state index in [0.717, 1.165) is 0 Å². The van der Waals surface area contributed by atoms with Crippen molar-refractivity contribution in [3.63, 3.8) is 0 Å². The van der Waals surface area contributed by atoms with Crippen LogP contribution in [0.25, 0.3) is 0 Å². The van der Waals surface area contributed by atoms with Gasteiger partial charge in [0.15, 0.2) is 0 Å². The summed E-state index contributed by atoms with van der Waals surface area (Å²) in [5, 5.41) is 0. The summed E-state index contributed by atoms with van der Waals surface area (Å²) in [6, 6.07) is 0. The van der Waals surface area contributed by atoms with Gasteiger partial charge >= 0.3 is 0 Å². The van der Waals surface area contributed by atoms with E-state index in [0.29, 0.717) is 12.8 Å². The second-order valence-electron chi connectivity index (χ2n) is 3.03. The maximum Gasteiger partial charge on any atom is 0.238 e. The SMILES string of the molecule is C=CC(C)C1(S(=O)(=O)Cl)CC1. The van der Waals surface area contributed by atoms with Gasteiger partial charge in [0.2, 0.25) is 9.05 Å². The normalized spacial score (nSPS) is 24.2. The molecule has 0 saturated heterocycles. The molecule has 0 aromatic heterocycles. The fraction of sp³-hybridized carbons (Fsp3) is 0.714. The Balaban J connectivity index is 2.93. The van der Waals surface area contributed by atoms with E-state index in [1.807, 2.05) is 6.92 Å². The molecule has 1 aliphatic rings. The summed E-state index contributed by atoms with van der Waals surface area (Å²) in [4.78, 5) is 0. The van der Waals surface area contributed by atoms with Crippen molar-refractivity contribution in [2.75, 3.05) is 0 Å². The van der Waals surface area contributed by atoms with Crippen LogP contribution in [-0.2, 0) is 9.05 Å². The van der Waals surface area contributed by atoms with Crippen LogP contribution in [0.1, 0.15) is 19.8 Å². The van der Waals surface area contributed by atoms with Gasteiger partial charge in [-0.25, -0.2) is 8.42 Å². The van der Waals surface area contributed by atoms with Crippen LogP contribution in [0.15, 0.2) is 12.7 Å². The highest BCUT2D eigenvalue weighted by molar-refractivity contribution is 8.15. The number of rotatable bonds is 3. The summed E-state index contributed by atoms with van der Waals surface area (Å²) < 4.78 is 21.4. The van der Waals surface area contributed by atoms with Gasteiger partial charge in [0, 0.05) is 10.7 Å². The van der Waals surface area contributed by atoms with Gasteiger partial charge in [-0.2, -0.15) is 0 Å². The van der Waals surface area contributed by atoms with Crippen LogP contribution in [0, 0.1) is 5.92 Å². The Morgan fingerprint density at radius 2 is 2.09 bits per heavy atom. The molecule has 1 atom stereocenters. The van der Waals surface area contributed by atoms with Crippen LogP contribution in [-0.4, -0.2) is 13.2 Å². The lowest BCUT2D eigenvalue weighted by atomic mass is 10.1. The lowest BCUT2D eigenvalue weighted by Crippen LogP contribution is -2.25. The van der Waals surface area contributed by atoms with E-state index >= 15 is 0 Å². The second-order valence-corrected chi connectivity index (χ2v) is 5.93. The van der Waals surface area contributed by atoms with Crippen molar-refractivity contribution in [3.8, 4) is 0 Å². The Morgan fingerprint density at radius 1 is 1.64 bits per heavy atom. The predicted octanol–water partition coefficient (Wildman–Crippen LogP) is 1.91. The average molecular weight is 195 g/mol. The van der Waals surface area contributed by atoms with Crippen molar-refractivity contribution in [1.82, 2.24) is 0 Å². The first-order chi connectivity index (χ1) is 4.94. The topological polar surface area (TPSA) is 34.1 Å². The summed E-state index contributed by atoms with van der Waals surface area (Å²) in [5.41, 5.74) is 0. The molecule has 0 radical (unpaired) electrons. The molecule has 0 N–H and O–H groups in total. The van der Waals surface area contributed by atoms with Gasteiger partial charge in [0.25, 0.3) is 0 Å². The zero-order chi connectivity index (χ0) is 8.70. The minimum absolute atomic E-state index is 0.0370. The molecule has 2 nitrogen and oxygen atoms in total. The van der Waals surface area contributed by atoms with E-state index in [4.69, 9.17) is 10.7 Å². The molecule has 1 aliphatic carbocycles. The molecule has 4 heteroatoms. The number of allylic oxidation sites excluding steroid dienone is 1. The third-order valence-corrected chi connectivity index (χ3v) is 5.08. The summed E-state index contributed by atoms with van der Waals surface area (Å²) in [7, 11) is 1.88. The molecule has 1 fully saturated rings. The minimum Gasteiger partial charge on any atom is -0.212 e. The zero-order valence-corrected chi connectivity index (χ0v) is 7.95. The summed E-state index contributed by atoms with van der Waals surface area (Å²) in [5.74, 6) is -0.0370. The molecule has 0 heterocycles. The molecule has 0 aromatic carbocycles. The number of hydrogen-bond donors (Lipinski definition) is 0. The molecular formula is C7H11ClO2S. The third-order valence-electron chi connectivity index (χ3n) is 2.41. The maximum atomic E-state index is 11.0. The highest BCUT2D eigenvalue weighted by atomic mass is 35.7. The van der Waals surface area contributed by atoms with Crippen molar-refractivity contribution in [1.29, 1.82) is 0 Å². The Kier molecular flexibility index (Phi) is 2.05. The molecule has 1 unspecified atom stereocenters. The summed E-state index contributed by atoms with van der Waals surface area (Å²) in [6.07, 6.45) is 2.99. The lowest BCUT2D eigenvalue weighted by Gasteiger charge is -2.15. The van der Waals surface area contributed by atoms with Crippen molar-refractivity contribution in [2.24, 2.45) is 5.92 Å². The molecule has 0 aromatic rings. The first-order valence-corrected chi connectivity index (χ1v) is 5.82. The van der Waals surface area contributed by atoms with E-state index in [-0.39, 0.29) is 5.92 Å². The molecule has 0 aliphatic heterocycles. The molecule has 1 saturated carbocycles. The summed E-state index contributed by atoms with van der Waals surface area (Å²) >= 11 is 0. The predicted molar refractivity (Wildman–Crippen MR) is 46.1 cm³/mol. The highest BCUT2D eigenvalue weighted by Gasteiger charge is 2.56. The van der Waals surface area contributed by atoms with Crippen LogP contribution in [0.5, 0.6) is 0 Å². The van der Waals surface area contributed by atoms with Crippen LogP contribution >= 0.6 is 10.7 Å². The standard InChI is InChI=1S/C7H11ClO2S/c1-3-6(2)7(4-5-7)11(8,9)10/h3,6H,1,4-5H2,2H3. The fourth-order valence-corrected chi connectivity index (χ4v) is 3.27. The van der Waals surface area contributed by atoms with Crippen molar-refractivity contribution in [2.45, 2.75) is 24.5 Å². The van der Waals surface area contributed by atoms with Crippen LogP contribution in [0.3, 0.4) is 0 Å². The molecule has 1 rings (SSSR count). The Hall–Kier alpha value is -0.0200. The smallest absolute Gasteiger partial charge is 0.212 e. The van der Waals surface area contributed by atoms with Gasteiger partial charge in [-0.15, -0.1) is 6.58 Å². The number of halogens is 1. The molecule has 0 bridgehead atoms. The van der Waals surface area contributed by atoms with Gasteiger partial charge in [0.1, 0.15) is 0 Å². The van der Waals surface area contributed by atoms with Gasteiger partial charge in [-0.05, 0) is 18.8 Å². The van der Waals surface area contributed by atoms with Gasteiger partial charge < -0.3 is 0 Å². The van der Waals surface area contributed by atoms with E-state index in [1.165, 1.54) is 0 Å². The first kappa shape index (κ1) is 9.07. The quantitative estimate of drug-likeness (QED) is 0.508.